The fourth-order valence-corrected chi connectivity index (χ4v) is 5.28. The molecule has 0 bridgehead atoms. The molecule has 36 heavy (non-hydrogen) atoms. The van der Waals surface area contributed by atoms with Crippen molar-refractivity contribution in [3.63, 3.8) is 0 Å². The number of rotatable bonds is 9. The van der Waals surface area contributed by atoms with E-state index in [-0.39, 0.29) is 17.9 Å². The summed E-state index contributed by atoms with van der Waals surface area (Å²) in [4.78, 5) is 19.9. The third kappa shape index (κ3) is 6.59. The minimum atomic E-state index is -0.0219. The second-order valence-corrected chi connectivity index (χ2v) is 10.1. The van der Waals surface area contributed by atoms with Crippen LogP contribution in [0, 0.1) is 5.92 Å². The Hall–Kier alpha value is -3.03. The van der Waals surface area contributed by atoms with Crippen molar-refractivity contribution in [2.45, 2.75) is 50.6 Å². The third-order valence-electron chi connectivity index (χ3n) is 7.50. The number of piperidine rings is 1. The van der Waals surface area contributed by atoms with Gasteiger partial charge in [0, 0.05) is 32.7 Å². The molecule has 190 valence electrons. The van der Waals surface area contributed by atoms with Crippen LogP contribution in [-0.2, 0) is 16.0 Å². The van der Waals surface area contributed by atoms with Crippen molar-refractivity contribution in [1.29, 1.82) is 0 Å². The number of aromatic nitrogens is 3. The van der Waals surface area contributed by atoms with E-state index in [1.165, 1.54) is 11.1 Å². The molecule has 0 radical (unpaired) electrons. The van der Waals surface area contributed by atoms with Crippen LogP contribution in [0.3, 0.4) is 0 Å². The summed E-state index contributed by atoms with van der Waals surface area (Å²) in [6, 6.07) is 10.8. The van der Waals surface area contributed by atoms with Gasteiger partial charge >= 0.3 is 0 Å². The molecule has 2 aliphatic heterocycles. The van der Waals surface area contributed by atoms with E-state index < -0.39 is 0 Å². The lowest BCUT2D eigenvalue weighted by Gasteiger charge is -2.33. The van der Waals surface area contributed by atoms with Crippen molar-refractivity contribution in [1.82, 2.24) is 25.0 Å². The minimum absolute atomic E-state index is 0.0219. The lowest BCUT2D eigenvalue weighted by Crippen LogP contribution is -2.39. The van der Waals surface area contributed by atoms with Crippen molar-refractivity contribution < 1.29 is 9.53 Å². The maximum atomic E-state index is 12.8. The average molecular weight is 488 g/mol. The molecule has 0 saturated carbocycles. The van der Waals surface area contributed by atoms with Gasteiger partial charge in [0.25, 0.3) is 0 Å². The summed E-state index contributed by atoms with van der Waals surface area (Å²) < 4.78 is 7.50. The van der Waals surface area contributed by atoms with Gasteiger partial charge in [-0.05, 0) is 37.7 Å². The minimum Gasteiger partial charge on any atom is -0.381 e. The Morgan fingerprint density at radius 3 is 2.78 bits per heavy atom. The summed E-state index contributed by atoms with van der Waals surface area (Å²) in [6.45, 7) is 4.25. The first kappa shape index (κ1) is 24.7. The molecule has 1 aromatic heterocycles. The van der Waals surface area contributed by atoms with Gasteiger partial charge in [0.15, 0.2) is 5.82 Å². The Labute approximate surface area is 213 Å². The molecule has 3 heterocycles. The van der Waals surface area contributed by atoms with Gasteiger partial charge in [0.05, 0.1) is 24.6 Å². The summed E-state index contributed by atoms with van der Waals surface area (Å²) in [7, 11) is 0. The van der Waals surface area contributed by atoms with E-state index in [4.69, 9.17) is 9.84 Å². The smallest absolute Gasteiger partial charge is 0.226 e. The Kier molecular flexibility index (Phi) is 8.41. The Balaban J connectivity index is 1.12. The van der Waals surface area contributed by atoms with Crippen LogP contribution >= 0.6 is 0 Å². The Morgan fingerprint density at radius 1 is 1.11 bits per heavy atom. The highest BCUT2D eigenvalue weighted by atomic mass is 16.5. The summed E-state index contributed by atoms with van der Waals surface area (Å²) in [5.74, 6) is 1.00. The van der Waals surface area contributed by atoms with Crippen LogP contribution in [0.15, 0.2) is 72.6 Å². The van der Waals surface area contributed by atoms with E-state index in [0.717, 1.165) is 64.0 Å². The number of amides is 1. The van der Waals surface area contributed by atoms with E-state index in [1.54, 1.807) is 0 Å². The molecule has 3 aliphatic rings. The Bertz CT molecular complexity index is 1080. The van der Waals surface area contributed by atoms with E-state index in [1.807, 2.05) is 24.5 Å². The van der Waals surface area contributed by atoms with Gasteiger partial charge < -0.3 is 15.0 Å². The van der Waals surface area contributed by atoms with Crippen LogP contribution in [0.2, 0.25) is 0 Å². The number of likely N-dealkylation sites (tertiary alicyclic amines) is 1. The summed E-state index contributed by atoms with van der Waals surface area (Å²) in [5.41, 5.74) is 2.51. The summed E-state index contributed by atoms with van der Waals surface area (Å²) in [6.07, 6.45) is 18.1. The van der Waals surface area contributed by atoms with Crippen LogP contribution < -0.4 is 5.32 Å². The van der Waals surface area contributed by atoms with Crippen LogP contribution in [0.5, 0.6) is 0 Å². The van der Waals surface area contributed by atoms with Crippen LogP contribution in [0.4, 0.5) is 0 Å². The van der Waals surface area contributed by atoms with Crippen molar-refractivity contribution in [2.24, 2.45) is 5.92 Å². The van der Waals surface area contributed by atoms with Gasteiger partial charge in [-0.1, -0.05) is 66.3 Å². The molecule has 2 fully saturated rings. The van der Waals surface area contributed by atoms with Crippen LogP contribution in [0.25, 0.3) is 0 Å². The van der Waals surface area contributed by atoms with Crippen LogP contribution in [-0.4, -0.2) is 58.4 Å². The fourth-order valence-electron chi connectivity index (χ4n) is 5.28. The van der Waals surface area contributed by atoms with Crippen molar-refractivity contribution >= 4 is 5.91 Å². The van der Waals surface area contributed by atoms with Gasteiger partial charge in [0.2, 0.25) is 5.91 Å². The van der Waals surface area contributed by atoms with Crippen molar-refractivity contribution in [3.05, 3.63) is 84.0 Å². The zero-order chi connectivity index (χ0) is 24.6. The predicted molar refractivity (Wildman–Crippen MR) is 140 cm³/mol. The summed E-state index contributed by atoms with van der Waals surface area (Å²) in [5, 5.41) is 8.12. The van der Waals surface area contributed by atoms with Gasteiger partial charge in [0.1, 0.15) is 6.33 Å². The van der Waals surface area contributed by atoms with E-state index in [2.05, 4.69) is 62.4 Å². The van der Waals surface area contributed by atoms with Gasteiger partial charge in [-0.15, -0.1) is 0 Å². The number of hydrogen-bond acceptors (Lipinski definition) is 5. The first-order valence-corrected chi connectivity index (χ1v) is 13.3. The van der Waals surface area contributed by atoms with Gasteiger partial charge in [-0.2, -0.15) is 5.10 Å². The zero-order valence-electron chi connectivity index (χ0n) is 21.0. The number of hydrogen-bond donors (Lipinski definition) is 1. The second-order valence-electron chi connectivity index (χ2n) is 10.1. The highest BCUT2D eigenvalue weighted by Gasteiger charge is 2.27. The number of carbonyl (C=O) groups is 1. The largest absolute Gasteiger partial charge is 0.381 e. The van der Waals surface area contributed by atoms with E-state index in [0.29, 0.717) is 19.3 Å². The average Bonchev–Trinajstić information content (AvgIpc) is 3.56. The number of allylic oxidation sites excluding steroid dienone is 6. The van der Waals surface area contributed by atoms with E-state index in [9.17, 15) is 4.79 Å². The van der Waals surface area contributed by atoms with Gasteiger partial charge in [-0.3, -0.25) is 4.79 Å². The molecule has 1 N–H and O–H groups in total. The standard InChI is InChI=1S/C29H37N5O2/c35-29(25-15-19-36-21-25)31-27(24-10-6-3-7-11-24)14-18-33-16-12-26(13-17-33)34-22-30-28(32-34)20-23-8-4-1-2-5-9-23/h1-8,10-11,22,25-27H,9,12-21H2,(H,31,35). The van der Waals surface area contributed by atoms with Crippen molar-refractivity contribution in [2.75, 3.05) is 32.8 Å². The zero-order valence-corrected chi connectivity index (χ0v) is 21.0. The van der Waals surface area contributed by atoms with Gasteiger partial charge in [-0.25, -0.2) is 9.67 Å². The predicted octanol–water partition coefficient (Wildman–Crippen LogP) is 4.18. The molecule has 1 aliphatic carbocycles. The second kappa shape index (κ2) is 12.3. The number of ether oxygens (including phenoxy) is 1. The number of nitrogens with zero attached hydrogens (tertiary/aromatic N) is 4. The Morgan fingerprint density at radius 2 is 1.97 bits per heavy atom. The normalized spacial score (nSPS) is 21.8. The lowest BCUT2D eigenvalue weighted by molar-refractivity contribution is -0.125. The first-order chi connectivity index (χ1) is 17.7. The molecule has 7 heteroatoms. The molecule has 2 unspecified atom stereocenters. The molecule has 5 rings (SSSR count). The quantitative estimate of drug-likeness (QED) is 0.574. The maximum Gasteiger partial charge on any atom is 0.226 e. The number of carbonyl (C=O) groups excluding carboxylic acids is 1. The highest BCUT2D eigenvalue weighted by molar-refractivity contribution is 5.79. The molecule has 0 spiro atoms. The molecule has 2 aromatic rings. The molecular formula is C29H37N5O2. The molecule has 1 amide bonds. The fraction of sp³-hybridized carbons (Fsp3) is 0.483. The first-order valence-electron chi connectivity index (χ1n) is 13.3. The topological polar surface area (TPSA) is 72.3 Å². The SMILES string of the molecule is O=C(NC(CCN1CCC(n2cnc(CC3=CC=CC=CC3)n2)CC1)c1ccccc1)C1CCOC1. The molecule has 1 aromatic carbocycles. The van der Waals surface area contributed by atoms with Crippen LogP contribution in [0.1, 0.15) is 55.6 Å². The molecular weight excluding hydrogens is 450 g/mol. The maximum absolute atomic E-state index is 12.8. The van der Waals surface area contributed by atoms with E-state index >= 15 is 0 Å². The molecule has 2 atom stereocenters. The molecule has 2 saturated heterocycles. The highest BCUT2D eigenvalue weighted by Crippen LogP contribution is 2.25. The summed E-state index contributed by atoms with van der Waals surface area (Å²) >= 11 is 0. The monoisotopic (exact) mass is 487 g/mol. The number of benzene rings is 1. The molecule has 7 nitrogen and oxygen atoms in total. The van der Waals surface area contributed by atoms with Crippen molar-refractivity contribution in [3.8, 4) is 0 Å². The number of nitrogens with one attached hydrogen (secondary N) is 1. The lowest BCUT2D eigenvalue weighted by atomic mass is 10.00. The third-order valence-corrected chi connectivity index (χ3v) is 7.50.